The number of nitrogens with zero attached hydrogens (tertiary/aromatic N) is 3. The predicted octanol–water partition coefficient (Wildman–Crippen LogP) is 4.10. The Labute approximate surface area is 195 Å². The van der Waals surface area contributed by atoms with E-state index < -0.39 is 0 Å². The molecule has 2 aromatic carbocycles. The number of hydrogen-bond acceptors (Lipinski definition) is 4. The second kappa shape index (κ2) is 9.97. The second-order valence-corrected chi connectivity index (χ2v) is 7.84. The maximum absolute atomic E-state index is 13.2. The van der Waals surface area contributed by atoms with Crippen molar-refractivity contribution in [1.29, 1.82) is 0 Å². The first-order valence-electron chi connectivity index (χ1n) is 10.4. The molecule has 3 aromatic rings. The zero-order valence-electron chi connectivity index (χ0n) is 17.9. The average molecular weight is 469 g/mol. The number of halogens is 2. The molecule has 1 fully saturated rings. The summed E-state index contributed by atoms with van der Waals surface area (Å²) in [5.74, 6) is -0.831. The third-order valence-corrected chi connectivity index (χ3v) is 5.56. The number of rotatable bonds is 5. The zero-order chi connectivity index (χ0) is 23.4. The van der Waals surface area contributed by atoms with Gasteiger partial charge in [0.2, 0.25) is 5.91 Å². The SMILES string of the molecule is Cc1nn(-c2ccc(F)cc2)c(Cl)c1/C=C/C(=O)Nc1cccc(C(=O)N2CCOCC2)c1. The van der Waals surface area contributed by atoms with Crippen LogP contribution in [-0.2, 0) is 9.53 Å². The molecule has 4 rings (SSSR count). The molecule has 1 saturated heterocycles. The Balaban J connectivity index is 1.45. The molecule has 1 aromatic heterocycles. The predicted molar refractivity (Wildman–Crippen MR) is 124 cm³/mol. The molecular formula is C24H22ClFN4O3. The first kappa shape index (κ1) is 22.7. The van der Waals surface area contributed by atoms with Crippen molar-refractivity contribution in [2.45, 2.75) is 6.92 Å². The van der Waals surface area contributed by atoms with Crippen LogP contribution in [0.1, 0.15) is 21.6 Å². The van der Waals surface area contributed by atoms with E-state index in [1.165, 1.54) is 22.9 Å². The lowest BCUT2D eigenvalue weighted by Gasteiger charge is -2.27. The highest BCUT2D eigenvalue weighted by Gasteiger charge is 2.19. The molecule has 0 bridgehead atoms. The Hall–Kier alpha value is -3.49. The molecule has 0 spiro atoms. The van der Waals surface area contributed by atoms with Crippen LogP contribution in [0.4, 0.5) is 10.1 Å². The van der Waals surface area contributed by atoms with E-state index >= 15 is 0 Å². The third-order valence-electron chi connectivity index (χ3n) is 5.20. The molecule has 2 amide bonds. The molecule has 0 aliphatic carbocycles. The molecule has 1 aliphatic heterocycles. The smallest absolute Gasteiger partial charge is 0.254 e. The topological polar surface area (TPSA) is 76.5 Å². The summed E-state index contributed by atoms with van der Waals surface area (Å²) in [6.07, 6.45) is 2.92. The largest absolute Gasteiger partial charge is 0.378 e. The van der Waals surface area contributed by atoms with Crippen LogP contribution in [0.15, 0.2) is 54.6 Å². The summed E-state index contributed by atoms with van der Waals surface area (Å²) in [5, 5.41) is 7.44. The maximum atomic E-state index is 13.2. The van der Waals surface area contributed by atoms with E-state index in [0.29, 0.717) is 59.7 Å². The molecule has 9 heteroatoms. The van der Waals surface area contributed by atoms with Gasteiger partial charge in [-0.1, -0.05) is 17.7 Å². The Morgan fingerprint density at radius 3 is 2.61 bits per heavy atom. The van der Waals surface area contributed by atoms with Crippen molar-refractivity contribution >= 4 is 35.2 Å². The van der Waals surface area contributed by atoms with Crippen molar-refractivity contribution < 1.29 is 18.7 Å². The standard InChI is InChI=1S/C24H22ClFN4O3/c1-16-21(23(25)30(28-16)20-7-5-18(26)6-8-20)9-10-22(31)27-19-4-2-3-17(15-19)24(32)29-11-13-33-14-12-29/h2-10,15H,11-14H2,1H3,(H,27,31)/b10-9+. The van der Waals surface area contributed by atoms with Crippen LogP contribution in [0, 0.1) is 12.7 Å². The number of carbonyl (C=O) groups excluding carboxylic acids is 2. The minimum Gasteiger partial charge on any atom is -0.378 e. The van der Waals surface area contributed by atoms with E-state index in [2.05, 4.69) is 10.4 Å². The Morgan fingerprint density at radius 2 is 1.88 bits per heavy atom. The van der Waals surface area contributed by atoms with Gasteiger partial charge in [0, 0.05) is 36.0 Å². The molecule has 0 saturated carbocycles. The number of aromatic nitrogens is 2. The van der Waals surface area contributed by atoms with Gasteiger partial charge in [-0.3, -0.25) is 9.59 Å². The molecule has 2 heterocycles. The monoisotopic (exact) mass is 468 g/mol. The van der Waals surface area contributed by atoms with E-state index in [4.69, 9.17) is 16.3 Å². The summed E-state index contributed by atoms with van der Waals surface area (Å²) in [6.45, 7) is 3.90. The number of benzene rings is 2. The number of nitrogens with one attached hydrogen (secondary N) is 1. The van der Waals surface area contributed by atoms with Gasteiger partial charge in [-0.05, 0) is 55.5 Å². The molecular weight excluding hydrogens is 447 g/mol. The maximum Gasteiger partial charge on any atom is 0.254 e. The van der Waals surface area contributed by atoms with Crippen LogP contribution in [-0.4, -0.2) is 52.8 Å². The van der Waals surface area contributed by atoms with E-state index in [1.54, 1.807) is 54.3 Å². The summed E-state index contributed by atoms with van der Waals surface area (Å²) in [7, 11) is 0. The van der Waals surface area contributed by atoms with Gasteiger partial charge in [-0.2, -0.15) is 5.10 Å². The van der Waals surface area contributed by atoms with Gasteiger partial charge in [-0.25, -0.2) is 9.07 Å². The van der Waals surface area contributed by atoms with Gasteiger partial charge in [0.1, 0.15) is 11.0 Å². The fourth-order valence-electron chi connectivity index (χ4n) is 3.48. The molecule has 170 valence electrons. The highest BCUT2D eigenvalue weighted by molar-refractivity contribution is 6.31. The van der Waals surface area contributed by atoms with Crippen LogP contribution in [0.3, 0.4) is 0 Å². The van der Waals surface area contributed by atoms with E-state index in [-0.39, 0.29) is 17.6 Å². The molecule has 0 unspecified atom stereocenters. The van der Waals surface area contributed by atoms with Gasteiger partial charge in [-0.15, -0.1) is 0 Å². The van der Waals surface area contributed by atoms with Crippen LogP contribution in [0.25, 0.3) is 11.8 Å². The fourth-order valence-corrected chi connectivity index (χ4v) is 3.81. The van der Waals surface area contributed by atoms with Gasteiger partial charge < -0.3 is 15.0 Å². The number of aryl methyl sites for hydroxylation is 1. The number of morpholine rings is 1. The van der Waals surface area contributed by atoms with E-state index in [1.807, 2.05) is 0 Å². The minimum absolute atomic E-state index is 0.0967. The van der Waals surface area contributed by atoms with Gasteiger partial charge in [0.15, 0.2) is 0 Å². The van der Waals surface area contributed by atoms with E-state index in [0.717, 1.165) is 0 Å². The average Bonchev–Trinajstić information content (AvgIpc) is 3.11. The summed E-state index contributed by atoms with van der Waals surface area (Å²) in [4.78, 5) is 26.9. The van der Waals surface area contributed by atoms with Crippen LogP contribution in [0.2, 0.25) is 5.15 Å². The van der Waals surface area contributed by atoms with Crippen molar-refractivity contribution in [2.75, 3.05) is 31.6 Å². The van der Waals surface area contributed by atoms with E-state index in [9.17, 15) is 14.0 Å². The quantitative estimate of drug-likeness (QED) is 0.572. The number of anilines is 1. The second-order valence-electron chi connectivity index (χ2n) is 7.49. The van der Waals surface area contributed by atoms with Crippen molar-refractivity contribution in [3.8, 4) is 5.69 Å². The number of hydrogen-bond donors (Lipinski definition) is 1. The summed E-state index contributed by atoms with van der Waals surface area (Å²) in [6, 6.07) is 12.6. The molecule has 1 N–H and O–H groups in total. The molecule has 1 aliphatic rings. The first-order valence-corrected chi connectivity index (χ1v) is 10.8. The lowest BCUT2D eigenvalue weighted by molar-refractivity contribution is -0.111. The normalized spacial score (nSPS) is 14.0. The first-order chi connectivity index (χ1) is 15.9. The molecule has 0 atom stereocenters. The van der Waals surface area contributed by atoms with Crippen LogP contribution < -0.4 is 5.32 Å². The highest BCUT2D eigenvalue weighted by atomic mass is 35.5. The van der Waals surface area contributed by atoms with Crippen LogP contribution in [0.5, 0.6) is 0 Å². The van der Waals surface area contributed by atoms with Crippen molar-refractivity contribution in [2.24, 2.45) is 0 Å². The van der Waals surface area contributed by atoms with Crippen molar-refractivity contribution in [3.63, 3.8) is 0 Å². The van der Waals surface area contributed by atoms with Crippen molar-refractivity contribution in [3.05, 3.63) is 82.4 Å². The fraction of sp³-hybridized carbons (Fsp3) is 0.208. The number of amides is 2. The molecule has 7 nitrogen and oxygen atoms in total. The zero-order valence-corrected chi connectivity index (χ0v) is 18.7. The van der Waals surface area contributed by atoms with Crippen LogP contribution >= 0.6 is 11.6 Å². The Kier molecular flexibility index (Phi) is 6.86. The van der Waals surface area contributed by atoms with Gasteiger partial charge in [0.05, 0.1) is 24.6 Å². The lowest BCUT2D eigenvalue weighted by Crippen LogP contribution is -2.40. The molecule has 33 heavy (non-hydrogen) atoms. The summed E-state index contributed by atoms with van der Waals surface area (Å²) in [5.41, 5.74) is 2.81. The number of carbonyl (C=O) groups is 2. The van der Waals surface area contributed by atoms with Gasteiger partial charge in [0.25, 0.3) is 5.91 Å². The van der Waals surface area contributed by atoms with Crippen molar-refractivity contribution in [1.82, 2.24) is 14.7 Å². The highest BCUT2D eigenvalue weighted by Crippen LogP contribution is 2.25. The Bertz CT molecular complexity index is 1200. The van der Waals surface area contributed by atoms with Gasteiger partial charge >= 0.3 is 0 Å². The molecule has 0 radical (unpaired) electrons. The summed E-state index contributed by atoms with van der Waals surface area (Å²) < 4.78 is 20.0. The summed E-state index contributed by atoms with van der Waals surface area (Å²) >= 11 is 6.45. The third kappa shape index (κ3) is 5.30. The Morgan fingerprint density at radius 1 is 1.15 bits per heavy atom. The minimum atomic E-state index is -0.379. The lowest BCUT2D eigenvalue weighted by atomic mass is 10.1. The number of ether oxygens (including phenoxy) is 1.